The average molecular weight is 300 g/mol. The zero-order valence-electron chi connectivity index (χ0n) is 11.9. The second-order valence-corrected chi connectivity index (χ2v) is 6.91. The number of nitriles is 1. The first-order chi connectivity index (χ1) is 9.90. The van der Waals surface area contributed by atoms with Gasteiger partial charge in [0.25, 0.3) is 0 Å². The lowest BCUT2D eigenvalue weighted by molar-refractivity contribution is 0.602. The van der Waals surface area contributed by atoms with Crippen LogP contribution >= 0.6 is 0 Å². The molecule has 0 aliphatic heterocycles. The summed E-state index contributed by atoms with van der Waals surface area (Å²) in [5, 5.41) is 12.1. The van der Waals surface area contributed by atoms with E-state index in [0.29, 0.717) is 10.5 Å². The van der Waals surface area contributed by atoms with Gasteiger partial charge in [0, 0.05) is 18.0 Å². The minimum Gasteiger partial charge on any atom is -0.379 e. The van der Waals surface area contributed by atoms with Crippen molar-refractivity contribution < 1.29 is 8.42 Å². The number of nitrogens with zero attached hydrogens (tertiary/aromatic N) is 1. The maximum absolute atomic E-state index is 11.4. The molecular weight excluding hydrogens is 284 g/mol. The Morgan fingerprint density at radius 2 is 1.62 bits per heavy atom. The first-order valence-corrected chi connectivity index (χ1v) is 8.36. The van der Waals surface area contributed by atoms with Crippen molar-refractivity contribution in [3.05, 3.63) is 59.7 Å². The Labute approximate surface area is 125 Å². The molecule has 0 aliphatic rings. The predicted molar refractivity (Wildman–Crippen MR) is 82.7 cm³/mol. The summed E-state index contributed by atoms with van der Waals surface area (Å²) >= 11 is 0. The van der Waals surface area contributed by atoms with Crippen molar-refractivity contribution in [1.82, 2.24) is 0 Å². The number of hydrogen-bond acceptors (Lipinski definition) is 4. The van der Waals surface area contributed by atoms with Crippen molar-refractivity contribution in [2.45, 2.75) is 17.9 Å². The highest BCUT2D eigenvalue weighted by atomic mass is 32.2. The summed E-state index contributed by atoms with van der Waals surface area (Å²) < 4.78 is 22.8. The summed E-state index contributed by atoms with van der Waals surface area (Å²) in [4.78, 5) is 0.305. The lowest BCUT2D eigenvalue weighted by Crippen LogP contribution is -2.06. The lowest BCUT2D eigenvalue weighted by atomic mass is 10.1. The number of benzene rings is 2. The average Bonchev–Trinajstić information content (AvgIpc) is 2.47. The topological polar surface area (TPSA) is 70.0 Å². The molecule has 5 heteroatoms. The molecule has 21 heavy (non-hydrogen) atoms. The molecule has 0 saturated carbocycles. The fraction of sp³-hybridized carbons (Fsp3) is 0.188. The standard InChI is InChI=1S/C16H16N2O2S/c1-12(14-5-3-13(11-17)4-6-14)18-15-7-9-16(10-8-15)21(2,19)20/h3-10,12,18H,1-2H3. The molecule has 0 heterocycles. The molecule has 108 valence electrons. The first kappa shape index (κ1) is 15.1. The van der Waals surface area contributed by atoms with E-state index in [9.17, 15) is 8.42 Å². The molecule has 0 saturated heterocycles. The molecule has 0 fully saturated rings. The third-order valence-corrected chi connectivity index (χ3v) is 4.33. The van der Waals surface area contributed by atoms with Crippen LogP contribution in [0.25, 0.3) is 0 Å². The van der Waals surface area contributed by atoms with E-state index >= 15 is 0 Å². The zero-order valence-corrected chi connectivity index (χ0v) is 12.7. The van der Waals surface area contributed by atoms with Crippen LogP contribution in [0.1, 0.15) is 24.1 Å². The van der Waals surface area contributed by atoms with Crippen molar-refractivity contribution in [3.8, 4) is 6.07 Å². The van der Waals surface area contributed by atoms with Crippen LogP contribution in [0.3, 0.4) is 0 Å². The third kappa shape index (κ3) is 3.83. The first-order valence-electron chi connectivity index (χ1n) is 6.47. The van der Waals surface area contributed by atoms with Gasteiger partial charge in [0.2, 0.25) is 0 Å². The van der Waals surface area contributed by atoms with Gasteiger partial charge in [-0.3, -0.25) is 0 Å². The number of rotatable bonds is 4. The highest BCUT2D eigenvalue weighted by Crippen LogP contribution is 2.21. The van der Waals surface area contributed by atoms with Crippen LogP contribution in [-0.4, -0.2) is 14.7 Å². The van der Waals surface area contributed by atoms with Crippen LogP contribution in [-0.2, 0) is 9.84 Å². The maximum Gasteiger partial charge on any atom is 0.175 e. The van der Waals surface area contributed by atoms with E-state index in [1.165, 1.54) is 6.26 Å². The summed E-state index contributed by atoms with van der Waals surface area (Å²) in [5.41, 5.74) is 2.53. The van der Waals surface area contributed by atoms with Crippen LogP contribution in [0.5, 0.6) is 0 Å². The van der Waals surface area contributed by atoms with Gasteiger partial charge in [-0.05, 0) is 48.9 Å². The monoisotopic (exact) mass is 300 g/mol. The van der Waals surface area contributed by atoms with E-state index < -0.39 is 9.84 Å². The molecule has 4 nitrogen and oxygen atoms in total. The molecule has 1 unspecified atom stereocenters. The van der Waals surface area contributed by atoms with Crippen LogP contribution < -0.4 is 5.32 Å². The quantitative estimate of drug-likeness (QED) is 0.941. The summed E-state index contributed by atoms with van der Waals surface area (Å²) in [6.07, 6.45) is 1.19. The van der Waals surface area contributed by atoms with Gasteiger partial charge < -0.3 is 5.32 Å². The minimum atomic E-state index is -3.17. The van der Waals surface area contributed by atoms with Gasteiger partial charge >= 0.3 is 0 Å². The molecule has 0 bridgehead atoms. The Kier molecular flexibility index (Phi) is 4.29. The van der Waals surface area contributed by atoms with Crippen molar-refractivity contribution in [2.75, 3.05) is 11.6 Å². The number of anilines is 1. The smallest absolute Gasteiger partial charge is 0.175 e. The largest absolute Gasteiger partial charge is 0.379 e. The van der Waals surface area contributed by atoms with E-state index in [0.717, 1.165) is 11.3 Å². The molecule has 0 spiro atoms. The molecule has 2 aromatic rings. The highest BCUT2D eigenvalue weighted by molar-refractivity contribution is 7.90. The third-order valence-electron chi connectivity index (χ3n) is 3.21. The fourth-order valence-electron chi connectivity index (χ4n) is 1.98. The Hall–Kier alpha value is -2.32. The highest BCUT2D eigenvalue weighted by Gasteiger charge is 2.08. The van der Waals surface area contributed by atoms with Gasteiger partial charge in [-0.1, -0.05) is 12.1 Å². The van der Waals surface area contributed by atoms with E-state index in [1.807, 2.05) is 19.1 Å². The summed E-state index contributed by atoms with van der Waals surface area (Å²) in [6.45, 7) is 2.01. The molecule has 2 aromatic carbocycles. The molecule has 1 atom stereocenters. The maximum atomic E-state index is 11.4. The molecule has 0 radical (unpaired) electrons. The number of nitrogens with one attached hydrogen (secondary N) is 1. The van der Waals surface area contributed by atoms with E-state index in [-0.39, 0.29) is 6.04 Å². The molecular formula is C16H16N2O2S. The van der Waals surface area contributed by atoms with Gasteiger partial charge in [-0.15, -0.1) is 0 Å². The molecule has 0 amide bonds. The van der Waals surface area contributed by atoms with Gasteiger partial charge in [0.15, 0.2) is 9.84 Å². The normalized spacial score (nSPS) is 12.4. The summed E-state index contributed by atoms with van der Waals surface area (Å²) in [7, 11) is -3.17. The van der Waals surface area contributed by atoms with E-state index in [1.54, 1.807) is 36.4 Å². The second kappa shape index (κ2) is 5.98. The van der Waals surface area contributed by atoms with Crippen molar-refractivity contribution in [1.29, 1.82) is 5.26 Å². The van der Waals surface area contributed by atoms with E-state index in [2.05, 4.69) is 11.4 Å². The van der Waals surface area contributed by atoms with E-state index in [4.69, 9.17) is 5.26 Å². The Bertz CT molecular complexity index is 757. The number of hydrogen-bond donors (Lipinski definition) is 1. The van der Waals surface area contributed by atoms with Gasteiger partial charge in [0.05, 0.1) is 16.5 Å². The van der Waals surface area contributed by atoms with Crippen molar-refractivity contribution in [2.24, 2.45) is 0 Å². The second-order valence-electron chi connectivity index (χ2n) is 4.90. The predicted octanol–water partition coefficient (Wildman–Crippen LogP) is 3.13. The van der Waals surface area contributed by atoms with Crippen LogP contribution in [0, 0.1) is 11.3 Å². The van der Waals surface area contributed by atoms with Gasteiger partial charge in [-0.25, -0.2) is 8.42 Å². The minimum absolute atomic E-state index is 0.0572. The SMILES string of the molecule is CC(Nc1ccc(S(C)(=O)=O)cc1)c1ccc(C#N)cc1. The fourth-order valence-corrected chi connectivity index (χ4v) is 2.61. The molecule has 1 N–H and O–H groups in total. The Morgan fingerprint density at radius 3 is 2.10 bits per heavy atom. The van der Waals surface area contributed by atoms with Crippen molar-refractivity contribution >= 4 is 15.5 Å². The zero-order chi connectivity index (χ0) is 15.5. The van der Waals surface area contributed by atoms with Crippen LogP contribution in [0.15, 0.2) is 53.4 Å². The molecule has 0 aliphatic carbocycles. The van der Waals surface area contributed by atoms with Gasteiger partial charge in [-0.2, -0.15) is 5.26 Å². The number of sulfone groups is 1. The summed E-state index contributed by atoms with van der Waals surface area (Å²) in [5.74, 6) is 0. The van der Waals surface area contributed by atoms with Gasteiger partial charge in [0.1, 0.15) is 0 Å². The summed E-state index contributed by atoms with van der Waals surface area (Å²) in [6, 6.07) is 16.2. The lowest BCUT2D eigenvalue weighted by Gasteiger charge is -2.16. The Morgan fingerprint density at radius 1 is 1.05 bits per heavy atom. The molecule has 0 aromatic heterocycles. The van der Waals surface area contributed by atoms with Crippen LogP contribution in [0.2, 0.25) is 0 Å². The van der Waals surface area contributed by atoms with Crippen molar-refractivity contribution in [3.63, 3.8) is 0 Å². The molecule has 2 rings (SSSR count). The van der Waals surface area contributed by atoms with Crippen LogP contribution in [0.4, 0.5) is 5.69 Å². The Balaban J connectivity index is 2.12.